The largest absolute Gasteiger partial charge is 0.352 e. The third-order valence-corrected chi connectivity index (χ3v) is 6.49. The van der Waals surface area contributed by atoms with Gasteiger partial charge >= 0.3 is 0 Å². The fraction of sp³-hybridized carbons (Fsp3) is 0.333. The Bertz CT molecular complexity index is 994. The molecule has 162 valence electrons. The molecule has 0 atom stereocenters. The van der Waals surface area contributed by atoms with E-state index >= 15 is 0 Å². The third kappa shape index (κ3) is 5.88. The maximum atomic E-state index is 12.7. The van der Waals surface area contributed by atoms with Gasteiger partial charge in [0.2, 0.25) is 5.91 Å². The highest BCUT2D eigenvalue weighted by Crippen LogP contribution is 2.27. The van der Waals surface area contributed by atoms with Crippen molar-refractivity contribution in [1.29, 1.82) is 0 Å². The van der Waals surface area contributed by atoms with Crippen molar-refractivity contribution < 1.29 is 4.79 Å². The fourth-order valence-electron chi connectivity index (χ4n) is 4.02. The van der Waals surface area contributed by atoms with Gasteiger partial charge in [-0.2, -0.15) is 0 Å². The highest BCUT2D eigenvalue weighted by Gasteiger charge is 2.25. The highest BCUT2D eigenvalue weighted by molar-refractivity contribution is 6.35. The molecule has 1 aliphatic rings. The molecule has 1 aromatic heterocycles. The van der Waals surface area contributed by atoms with Crippen LogP contribution in [-0.4, -0.2) is 33.4 Å². The van der Waals surface area contributed by atoms with E-state index in [1.807, 2.05) is 41.1 Å². The predicted octanol–water partition coefficient (Wildman–Crippen LogP) is 4.77. The van der Waals surface area contributed by atoms with Gasteiger partial charge in [-0.1, -0.05) is 53.5 Å². The molecule has 5 nitrogen and oxygen atoms in total. The van der Waals surface area contributed by atoms with E-state index in [9.17, 15) is 4.79 Å². The normalized spacial score (nSPS) is 15.2. The number of likely N-dealkylation sites (tertiary alicyclic amines) is 1. The Morgan fingerprint density at radius 3 is 2.45 bits per heavy atom. The summed E-state index contributed by atoms with van der Waals surface area (Å²) in [5.41, 5.74) is 3.26. The molecule has 0 radical (unpaired) electrons. The quantitative estimate of drug-likeness (QED) is 0.556. The average Bonchev–Trinajstić information content (AvgIpc) is 3.28. The standard InChI is InChI=1S/C24H26Cl2N4O/c25-22-5-2-6-23(26)21(22)16-29-10-7-20(8-11-29)24(31)28-14-18-3-1-4-19(13-18)15-30-12-9-27-17-30/h1-6,9,12-13,17,20H,7-8,10-11,14-16H2,(H,28,31). The zero-order valence-corrected chi connectivity index (χ0v) is 18.8. The van der Waals surface area contributed by atoms with E-state index < -0.39 is 0 Å². The van der Waals surface area contributed by atoms with Crippen LogP contribution in [0.2, 0.25) is 10.0 Å². The number of aromatic nitrogens is 2. The van der Waals surface area contributed by atoms with Crippen LogP contribution in [0.25, 0.3) is 0 Å². The van der Waals surface area contributed by atoms with Crippen LogP contribution in [0.3, 0.4) is 0 Å². The molecule has 4 rings (SSSR count). The van der Waals surface area contributed by atoms with Gasteiger partial charge in [0.1, 0.15) is 0 Å². The molecular formula is C24H26Cl2N4O. The first-order chi connectivity index (χ1) is 15.1. The number of imidazole rings is 1. The lowest BCUT2D eigenvalue weighted by molar-refractivity contribution is -0.126. The topological polar surface area (TPSA) is 50.2 Å². The molecule has 1 N–H and O–H groups in total. The molecule has 7 heteroatoms. The molecular weight excluding hydrogens is 431 g/mol. The van der Waals surface area contributed by atoms with Crippen molar-refractivity contribution in [2.45, 2.75) is 32.5 Å². The zero-order valence-electron chi connectivity index (χ0n) is 17.3. The van der Waals surface area contributed by atoms with E-state index in [-0.39, 0.29) is 11.8 Å². The number of carbonyl (C=O) groups excluding carboxylic acids is 1. The number of hydrogen-bond donors (Lipinski definition) is 1. The molecule has 0 unspecified atom stereocenters. The van der Waals surface area contributed by atoms with Gasteiger partial charge in [0, 0.05) is 53.6 Å². The molecule has 31 heavy (non-hydrogen) atoms. The van der Waals surface area contributed by atoms with Gasteiger partial charge in [-0.3, -0.25) is 9.69 Å². The van der Waals surface area contributed by atoms with Gasteiger partial charge in [0.05, 0.1) is 6.33 Å². The average molecular weight is 457 g/mol. The zero-order chi connectivity index (χ0) is 21.6. The minimum absolute atomic E-state index is 0.0482. The first kappa shape index (κ1) is 21.9. The monoisotopic (exact) mass is 456 g/mol. The van der Waals surface area contributed by atoms with Crippen LogP contribution in [-0.2, 0) is 24.4 Å². The summed E-state index contributed by atoms with van der Waals surface area (Å²) in [5.74, 6) is 0.183. The Balaban J connectivity index is 1.25. The molecule has 0 spiro atoms. The third-order valence-electron chi connectivity index (χ3n) is 5.78. The maximum absolute atomic E-state index is 12.7. The van der Waals surface area contributed by atoms with E-state index in [4.69, 9.17) is 23.2 Å². The number of carbonyl (C=O) groups is 1. The summed E-state index contributed by atoms with van der Waals surface area (Å²) < 4.78 is 2.03. The van der Waals surface area contributed by atoms with Crippen molar-refractivity contribution in [2.24, 2.45) is 5.92 Å². The number of halogens is 2. The minimum Gasteiger partial charge on any atom is -0.352 e. The number of nitrogens with one attached hydrogen (secondary N) is 1. The van der Waals surface area contributed by atoms with Crippen LogP contribution in [0.1, 0.15) is 29.5 Å². The van der Waals surface area contributed by atoms with E-state index in [1.165, 1.54) is 5.56 Å². The molecule has 3 aromatic rings. The second-order valence-corrected chi connectivity index (χ2v) is 8.84. The smallest absolute Gasteiger partial charge is 0.223 e. The number of benzene rings is 2. The Morgan fingerprint density at radius 2 is 1.74 bits per heavy atom. The fourth-order valence-corrected chi connectivity index (χ4v) is 4.54. The Morgan fingerprint density at radius 1 is 1.03 bits per heavy atom. The summed E-state index contributed by atoms with van der Waals surface area (Å²) in [5, 5.41) is 4.51. The van der Waals surface area contributed by atoms with Gasteiger partial charge in [-0.15, -0.1) is 0 Å². The summed E-state index contributed by atoms with van der Waals surface area (Å²) in [6.45, 7) is 3.76. The molecule has 0 bridgehead atoms. The number of rotatable bonds is 7. The summed E-state index contributed by atoms with van der Waals surface area (Å²) in [7, 11) is 0. The van der Waals surface area contributed by atoms with Crippen LogP contribution in [0.15, 0.2) is 61.2 Å². The molecule has 1 saturated heterocycles. The Hall–Kier alpha value is -2.34. The molecule has 2 aromatic carbocycles. The van der Waals surface area contributed by atoms with Gasteiger partial charge in [0.25, 0.3) is 0 Å². The van der Waals surface area contributed by atoms with E-state index in [0.29, 0.717) is 16.6 Å². The lowest BCUT2D eigenvalue weighted by Crippen LogP contribution is -2.40. The summed E-state index contributed by atoms with van der Waals surface area (Å²) in [6.07, 6.45) is 7.21. The van der Waals surface area contributed by atoms with Crippen molar-refractivity contribution in [2.75, 3.05) is 13.1 Å². The summed E-state index contributed by atoms with van der Waals surface area (Å²) >= 11 is 12.6. The summed E-state index contributed by atoms with van der Waals surface area (Å²) in [4.78, 5) is 19.1. The van der Waals surface area contributed by atoms with E-state index in [0.717, 1.165) is 50.1 Å². The van der Waals surface area contributed by atoms with Gasteiger partial charge in [-0.25, -0.2) is 4.98 Å². The predicted molar refractivity (Wildman–Crippen MR) is 124 cm³/mol. The highest BCUT2D eigenvalue weighted by atomic mass is 35.5. The van der Waals surface area contributed by atoms with Crippen LogP contribution < -0.4 is 5.32 Å². The number of hydrogen-bond acceptors (Lipinski definition) is 3. The van der Waals surface area contributed by atoms with Gasteiger partial charge < -0.3 is 9.88 Å². The second kappa shape index (κ2) is 10.3. The van der Waals surface area contributed by atoms with Crippen molar-refractivity contribution in [3.05, 3.63) is 87.9 Å². The molecule has 0 saturated carbocycles. The lowest BCUT2D eigenvalue weighted by Gasteiger charge is -2.31. The van der Waals surface area contributed by atoms with Crippen LogP contribution in [0.5, 0.6) is 0 Å². The lowest BCUT2D eigenvalue weighted by atomic mass is 9.95. The Kier molecular flexibility index (Phi) is 7.28. The maximum Gasteiger partial charge on any atom is 0.223 e. The molecule has 1 fully saturated rings. The molecule has 1 aliphatic heterocycles. The number of amides is 1. The van der Waals surface area contributed by atoms with Gasteiger partial charge in [-0.05, 0) is 49.2 Å². The summed E-state index contributed by atoms with van der Waals surface area (Å²) in [6, 6.07) is 13.9. The molecule has 0 aliphatic carbocycles. The number of piperidine rings is 1. The van der Waals surface area contributed by atoms with Crippen LogP contribution >= 0.6 is 23.2 Å². The van der Waals surface area contributed by atoms with Crippen LogP contribution in [0.4, 0.5) is 0 Å². The Labute approximate surface area is 193 Å². The van der Waals surface area contributed by atoms with Gasteiger partial charge in [0.15, 0.2) is 0 Å². The van der Waals surface area contributed by atoms with Crippen molar-refractivity contribution in [3.8, 4) is 0 Å². The van der Waals surface area contributed by atoms with E-state index in [2.05, 4.69) is 27.3 Å². The first-order valence-electron chi connectivity index (χ1n) is 10.5. The second-order valence-electron chi connectivity index (χ2n) is 8.02. The molecule has 1 amide bonds. The first-order valence-corrected chi connectivity index (χ1v) is 11.3. The van der Waals surface area contributed by atoms with Crippen molar-refractivity contribution in [3.63, 3.8) is 0 Å². The minimum atomic E-state index is 0.0482. The van der Waals surface area contributed by atoms with Crippen molar-refractivity contribution >= 4 is 29.1 Å². The number of nitrogens with zero attached hydrogens (tertiary/aromatic N) is 3. The van der Waals surface area contributed by atoms with Crippen LogP contribution in [0, 0.1) is 5.92 Å². The molecule has 2 heterocycles. The van der Waals surface area contributed by atoms with Crippen molar-refractivity contribution in [1.82, 2.24) is 19.8 Å². The SMILES string of the molecule is O=C(NCc1cccc(Cn2ccnc2)c1)C1CCN(Cc2c(Cl)cccc2Cl)CC1. The van der Waals surface area contributed by atoms with E-state index in [1.54, 1.807) is 12.5 Å².